The van der Waals surface area contributed by atoms with Crippen LogP contribution in [-0.4, -0.2) is 19.1 Å². The second-order valence-corrected chi connectivity index (χ2v) is 3.50. The van der Waals surface area contributed by atoms with Crippen molar-refractivity contribution in [2.24, 2.45) is 5.92 Å². The van der Waals surface area contributed by atoms with E-state index in [0.717, 1.165) is 32.4 Å². The number of nitrogens with one attached hydrogen (secondary N) is 2. The van der Waals surface area contributed by atoms with Gasteiger partial charge in [0.1, 0.15) is 0 Å². The zero-order valence-corrected chi connectivity index (χ0v) is 9.02. The first-order valence-corrected chi connectivity index (χ1v) is 5.22. The van der Waals surface area contributed by atoms with E-state index in [-0.39, 0.29) is 6.03 Å². The molecule has 0 heterocycles. The van der Waals surface area contributed by atoms with E-state index < -0.39 is 0 Å². The number of carbonyl (C=O) groups is 1. The Morgan fingerprint density at radius 1 is 1.31 bits per heavy atom. The fourth-order valence-electron chi connectivity index (χ4n) is 0.852. The summed E-state index contributed by atoms with van der Waals surface area (Å²) in [6.45, 7) is 7.92. The molecule has 0 saturated heterocycles. The molecule has 0 aromatic heterocycles. The second kappa shape index (κ2) is 7.90. The molecular formula is C10H22N2O. The van der Waals surface area contributed by atoms with Crippen LogP contribution in [0.25, 0.3) is 0 Å². The molecule has 0 aliphatic heterocycles. The van der Waals surface area contributed by atoms with Crippen molar-refractivity contribution in [3.63, 3.8) is 0 Å². The summed E-state index contributed by atoms with van der Waals surface area (Å²) in [6.07, 6.45) is 3.28. The molecule has 3 nitrogen and oxygen atoms in total. The molecule has 2 N–H and O–H groups in total. The lowest BCUT2D eigenvalue weighted by atomic mass is 10.1. The van der Waals surface area contributed by atoms with Crippen LogP contribution < -0.4 is 10.6 Å². The first-order valence-electron chi connectivity index (χ1n) is 5.22. The van der Waals surface area contributed by atoms with Crippen molar-refractivity contribution in [3.8, 4) is 0 Å². The predicted molar refractivity (Wildman–Crippen MR) is 55.8 cm³/mol. The lowest BCUT2D eigenvalue weighted by molar-refractivity contribution is 0.239. The monoisotopic (exact) mass is 186 g/mol. The zero-order chi connectivity index (χ0) is 10.1. The van der Waals surface area contributed by atoms with Gasteiger partial charge in [-0.15, -0.1) is 0 Å². The summed E-state index contributed by atoms with van der Waals surface area (Å²) in [4.78, 5) is 11.1. The van der Waals surface area contributed by atoms with E-state index in [0.29, 0.717) is 5.92 Å². The summed E-state index contributed by atoms with van der Waals surface area (Å²) in [5.74, 6) is 0.567. The maximum Gasteiger partial charge on any atom is 0.314 e. The fourth-order valence-corrected chi connectivity index (χ4v) is 0.852. The third kappa shape index (κ3) is 7.62. The van der Waals surface area contributed by atoms with Crippen LogP contribution in [0.2, 0.25) is 0 Å². The lowest BCUT2D eigenvalue weighted by Gasteiger charge is -2.10. The number of urea groups is 1. The molecule has 1 atom stereocenters. The van der Waals surface area contributed by atoms with Gasteiger partial charge in [0, 0.05) is 13.1 Å². The molecule has 3 heteroatoms. The molecule has 0 aliphatic rings. The SMILES string of the molecule is CCCCNC(=O)NCC(C)CC. The highest BCUT2D eigenvalue weighted by atomic mass is 16.2. The quantitative estimate of drug-likeness (QED) is 0.613. The van der Waals surface area contributed by atoms with Gasteiger partial charge in [0.05, 0.1) is 0 Å². The van der Waals surface area contributed by atoms with Crippen LogP contribution in [0.1, 0.15) is 40.0 Å². The summed E-state index contributed by atoms with van der Waals surface area (Å²) in [5.41, 5.74) is 0. The Morgan fingerprint density at radius 3 is 2.54 bits per heavy atom. The molecule has 0 rings (SSSR count). The lowest BCUT2D eigenvalue weighted by Crippen LogP contribution is -2.38. The Morgan fingerprint density at radius 2 is 2.00 bits per heavy atom. The van der Waals surface area contributed by atoms with Crippen LogP contribution in [0, 0.1) is 5.92 Å². The molecule has 0 aromatic rings. The molecule has 2 amide bonds. The standard InChI is InChI=1S/C10H22N2O/c1-4-6-7-11-10(13)12-8-9(3)5-2/h9H,4-8H2,1-3H3,(H2,11,12,13). The van der Waals surface area contributed by atoms with Crippen LogP contribution in [0.15, 0.2) is 0 Å². The van der Waals surface area contributed by atoms with Crippen LogP contribution >= 0.6 is 0 Å². The molecule has 0 fully saturated rings. The molecule has 78 valence electrons. The number of unbranched alkanes of at least 4 members (excludes halogenated alkanes) is 1. The van der Waals surface area contributed by atoms with Gasteiger partial charge >= 0.3 is 6.03 Å². The van der Waals surface area contributed by atoms with E-state index in [1.165, 1.54) is 0 Å². The summed E-state index contributed by atoms with van der Waals surface area (Å²) >= 11 is 0. The molecule has 0 spiro atoms. The number of hydrogen-bond donors (Lipinski definition) is 2. The van der Waals surface area contributed by atoms with Gasteiger partial charge in [-0.2, -0.15) is 0 Å². The van der Waals surface area contributed by atoms with E-state index in [9.17, 15) is 4.79 Å². The van der Waals surface area contributed by atoms with E-state index in [1.807, 2.05) is 0 Å². The van der Waals surface area contributed by atoms with Crippen molar-refractivity contribution in [1.29, 1.82) is 0 Å². The maximum atomic E-state index is 11.1. The highest BCUT2D eigenvalue weighted by Crippen LogP contribution is 1.96. The molecule has 0 aromatic carbocycles. The van der Waals surface area contributed by atoms with Crippen molar-refractivity contribution in [2.75, 3.05) is 13.1 Å². The smallest absolute Gasteiger partial charge is 0.314 e. The molecule has 1 unspecified atom stereocenters. The minimum Gasteiger partial charge on any atom is -0.338 e. The summed E-state index contributed by atoms with van der Waals surface area (Å²) in [7, 11) is 0. The molecule has 0 bridgehead atoms. The van der Waals surface area contributed by atoms with Gasteiger partial charge in [-0.1, -0.05) is 33.6 Å². The van der Waals surface area contributed by atoms with Crippen molar-refractivity contribution in [1.82, 2.24) is 10.6 Å². The van der Waals surface area contributed by atoms with Gasteiger partial charge in [-0.25, -0.2) is 4.79 Å². The number of carbonyl (C=O) groups excluding carboxylic acids is 1. The van der Waals surface area contributed by atoms with Crippen LogP contribution in [0.3, 0.4) is 0 Å². The summed E-state index contributed by atoms with van der Waals surface area (Å²) in [6, 6.07) is -0.0336. The topological polar surface area (TPSA) is 41.1 Å². The minimum atomic E-state index is -0.0336. The average molecular weight is 186 g/mol. The highest BCUT2D eigenvalue weighted by Gasteiger charge is 2.01. The number of rotatable bonds is 6. The zero-order valence-electron chi connectivity index (χ0n) is 9.02. The third-order valence-corrected chi connectivity index (χ3v) is 2.12. The van der Waals surface area contributed by atoms with Crippen LogP contribution in [0.4, 0.5) is 4.79 Å². The molecular weight excluding hydrogens is 164 g/mol. The van der Waals surface area contributed by atoms with Crippen molar-refractivity contribution < 1.29 is 4.79 Å². The third-order valence-electron chi connectivity index (χ3n) is 2.12. The molecule has 13 heavy (non-hydrogen) atoms. The minimum absolute atomic E-state index is 0.0336. The second-order valence-electron chi connectivity index (χ2n) is 3.50. The van der Waals surface area contributed by atoms with Gasteiger partial charge in [-0.05, 0) is 12.3 Å². The fraction of sp³-hybridized carbons (Fsp3) is 0.900. The van der Waals surface area contributed by atoms with E-state index >= 15 is 0 Å². The highest BCUT2D eigenvalue weighted by molar-refractivity contribution is 5.73. The maximum absolute atomic E-state index is 11.1. The van der Waals surface area contributed by atoms with E-state index in [2.05, 4.69) is 31.4 Å². The van der Waals surface area contributed by atoms with Gasteiger partial charge in [0.25, 0.3) is 0 Å². The summed E-state index contributed by atoms with van der Waals surface area (Å²) in [5, 5.41) is 5.66. The van der Waals surface area contributed by atoms with Crippen molar-refractivity contribution >= 4 is 6.03 Å². The normalized spacial score (nSPS) is 12.2. The van der Waals surface area contributed by atoms with E-state index in [1.54, 1.807) is 0 Å². The van der Waals surface area contributed by atoms with Crippen molar-refractivity contribution in [2.45, 2.75) is 40.0 Å². The van der Waals surface area contributed by atoms with E-state index in [4.69, 9.17) is 0 Å². The van der Waals surface area contributed by atoms with Crippen molar-refractivity contribution in [3.05, 3.63) is 0 Å². The Labute approximate surface area is 81.3 Å². The summed E-state index contributed by atoms with van der Waals surface area (Å²) < 4.78 is 0. The Balaban J connectivity index is 3.30. The van der Waals surface area contributed by atoms with Gasteiger partial charge in [0.2, 0.25) is 0 Å². The Kier molecular flexibility index (Phi) is 7.45. The molecule has 0 saturated carbocycles. The first-order chi connectivity index (χ1) is 6.20. The average Bonchev–Trinajstić information content (AvgIpc) is 2.14. The largest absolute Gasteiger partial charge is 0.338 e. The van der Waals surface area contributed by atoms with Gasteiger partial charge in [0.15, 0.2) is 0 Å². The Hall–Kier alpha value is -0.730. The van der Waals surface area contributed by atoms with Crippen LogP contribution in [0.5, 0.6) is 0 Å². The molecule has 0 radical (unpaired) electrons. The Bertz CT molecular complexity index is 137. The first kappa shape index (κ1) is 12.3. The molecule has 0 aliphatic carbocycles. The van der Waals surface area contributed by atoms with Gasteiger partial charge in [-0.3, -0.25) is 0 Å². The number of hydrogen-bond acceptors (Lipinski definition) is 1. The van der Waals surface area contributed by atoms with Gasteiger partial charge < -0.3 is 10.6 Å². The predicted octanol–water partition coefficient (Wildman–Crippen LogP) is 2.13. The van der Waals surface area contributed by atoms with Crippen LogP contribution in [-0.2, 0) is 0 Å². The number of amides is 2.